The van der Waals surface area contributed by atoms with E-state index in [4.69, 9.17) is 5.73 Å². The zero-order chi connectivity index (χ0) is 14.2. The molecule has 0 aliphatic carbocycles. The summed E-state index contributed by atoms with van der Waals surface area (Å²) in [5.74, 6) is 0.974. The number of imidazole rings is 1. The maximum Gasteiger partial charge on any atom is 0.262 e. The highest BCUT2D eigenvalue weighted by Crippen LogP contribution is 2.28. The number of aryl methyl sites for hydroxylation is 2. The molecule has 2 rings (SSSR count). The summed E-state index contributed by atoms with van der Waals surface area (Å²) in [5.41, 5.74) is 5.65. The second-order valence-corrected chi connectivity index (χ2v) is 7.01. The van der Waals surface area contributed by atoms with E-state index < -0.39 is 10.0 Å². The molecule has 1 aliphatic heterocycles. The molecule has 7 heteroatoms. The van der Waals surface area contributed by atoms with Crippen LogP contribution in [-0.4, -0.2) is 41.4 Å². The van der Waals surface area contributed by atoms with Gasteiger partial charge < -0.3 is 10.3 Å². The molecule has 1 aliphatic rings. The second kappa shape index (κ2) is 5.22. The van der Waals surface area contributed by atoms with Gasteiger partial charge in [0.15, 0.2) is 5.03 Å². The molecule has 2 atom stereocenters. The predicted molar refractivity (Wildman–Crippen MR) is 73.2 cm³/mol. The van der Waals surface area contributed by atoms with Crippen LogP contribution >= 0.6 is 0 Å². The standard InChI is InChI=1S/C12H22N4O2S/c1-4-15-8-12(14-10(15)3)19(17,18)16-7-11(6-13)5-9(16)2/h8-9,11H,4-7,13H2,1-3H3. The highest BCUT2D eigenvalue weighted by molar-refractivity contribution is 7.89. The highest BCUT2D eigenvalue weighted by atomic mass is 32.2. The summed E-state index contributed by atoms with van der Waals surface area (Å²) >= 11 is 0. The minimum Gasteiger partial charge on any atom is -0.334 e. The summed E-state index contributed by atoms with van der Waals surface area (Å²) in [5, 5.41) is 0.149. The van der Waals surface area contributed by atoms with E-state index >= 15 is 0 Å². The molecule has 2 N–H and O–H groups in total. The molecule has 2 unspecified atom stereocenters. The summed E-state index contributed by atoms with van der Waals surface area (Å²) in [7, 11) is -3.50. The number of nitrogens with two attached hydrogens (primary N) is 1. The summed E-state index contributed by atoms with van der Waals surface area (Å²) in [4.78, 5) is 4.19. The zero-order valence-corrected chi connectivity index (χ0v) is 12.5. The van der Waals surface area contributed by atoms with Crippen molar-refractivity contribution < 1.29 is 8.42 Å². The van der Waals surface area contributed by atoms with E-state index in [0.29, 0.717) is 13.1 Å². The molecule has 0 radical (unpaired) electrons. The first-order valence-electron chi connectivity index (χ1n) is 6.65. The van der Waals surface area contributed by atoms with Crippen molar-refractivity contribution in [2.24, 2.45) is 11.7 Å². The van der Waals surface area contributed by atoms with Crippen molar-refractivity contribution in [1.29, 1.82) is 0 Å². The molecule has 0 spiro atoms. The molecule has 6 nitrogen and oxygen atoms in total. The first kappa shape index (κ1) is 14.5. The van der Waals surface area contributed by atoms with Gasteiger partial charge in [-0.1, -0.05) is 0 Å². The number of sulfonamides is 1. The molecule has 0 bridgehead atoms. The van der Waals surface area contributed by atoms with Crippen LogP contribution in [0.1, 0.15) is 26.1 Å². The van der Waals surface area contributed by atoms with Gasteiger partial charge in [0.2, 0.25) is 0 Å². The van der Waals surface area contributed by atoms with Gasteiger partial charge in [-0.3, -0.25) is 0 Å². The molecular formula is C12H22N4O2S. The van der Waals surface area contributed by atoms with Crippen LogP contribution in [0.25, 0.3) is 0 Å². The first-order chi connectivity index (χ1) is 8.90. The van der Waals surface area contributed by atoms with Gasteiger partial charge in [0, 0.05) is 25.3 Å². The Morgan fingerprint density at radius 3 is 2.68 bits per heavy atom. The Bertz CT molecular complexity index is 552. The van der Waals surface area contributed by atoms with E-state index in [-0.39, 0.29) is 17.0 Å². The van der Waals surface area contributed by atoms with Crippen molar-refractivity contribution >= 4 is 10.0 Å². The van der Waals surface area contributed by atoms with E-state index in [1.165, 1.54) is 4.31 Å². The van der Waals surface area contributed by atoms with Gasteiger partial charge in [-0.05, 0) is 39.7 Å². The van der Waals surface area contributed by atoms with Gasteiger partial charge in [0.25, 0.3) is 10.0 Å². The van der Waals surface area contributed by atoms with Crippen LogP contribution in [0, 0.1) is 12.8 Å². The summed E-state index contributed by atoms with van der Waals surface area (Å²) in [6.07, 6.45) is 2.44. The van der Waals surface area contributed by atoms with Crippen molar-refractivity contribution in [2.75, 3.05) is 13.1 Å². The van der Waals surface area contributed by atoms with Crippen molar-refractivity contribution in [1.82, 2.24) is 13.9 Å². The van der Waals surface area contributed by atoms with Gasteiger partial charge in [-0.15, -0.1) is 0 Å². The molecule has 0 aromatic carbocycles. The predicted octanol–water partition coefficient (Wildman–Crippen LogP) is 0.569. The van der Waals surface area contributed by atoms with Gasteiger partial charge >= 0.3 is 0 Å². The third-order valence-corrected chi connectivity index (χ3v) is 5.66. The Kier molecular flexibility index (Phi) is 3.98. The van der Waals surface area contributed by atoms with Gasteiger partial charge in [-0.2, -0.15) is 4.31 Å². The number of nitrogens with zero attached hydrogens (tertiary/aromatic N) is 3. The van der Waals surface area contributed by atoms with Gasteiger partial charge in [0.1, 0.15) is 5.82 Å². The van der Waals surface area contributed by atoms with Crippen molar-refractivity contribution in [3.8, 4) is 0 Å². The van der Waals surface area contributed by atoms with Crippen LogP contribution in [0.5, 0.6) is 0 Å². The minimum absolute atomic E-state index is 0.00867. The topological polar surface area (TPSA) is 81.2 Å². The molecule has 1 fully saturated rings. The fourth-order valence-electron chi connectivity index (χ4n) is 2.66. The average Bonchev–Trinajstić information content (AvgIpc) is 2.92. The quantitative estimate of drug-likeness (QED) is 0.877. The van der Waals surface area contributed by atoms with Crippen LogP contribution in [-0.2, 0) is 16.6 Å². The Hall–Kier alpha value is -0.920. The van der Waals surface area contributed by atoms with E-state index in [2.05, 4.69) is 4.98 Å². The van der Waals surface area contributed by atoms with Gasteiger partial charge in [0.05, 0.1) is 0 Å². The third-order valence-electron chi connectivity index (χ3n) is 3.81. The molecule has 1 aromatic heterocycles. The Labute approximate surface area is 114 Å². The minimum atomic E-state index is -3.50. The molecule has 0 amide bonds. The highest BCUT2D eigenvalue weighted by Gasteiger charge is 2.38. The van der Waals surface area contributed by atoms with Crippen molar-refractivity contribution in [3.63, 3.8) is 0 Å². The fraction of sp³-hybridized carbons (Fsp3) is 0.750. The summed E-state index contributed by atoms with van der Waals surface area (Å²) < 4.78 is 28.6. The lowest BCUT2D eigenvalue weighted by Gasteiger charge is -2.19. The molecule has 0 saturated carbocycles. The van der Waals surface area contributed by atoms with Gasteiger partial charge in [-0.25, -0.2) is 13.4 Å². The smallest absolute Gasteiger partial charge is 0.262 e. The monoisotopic (exact) mass is 286 g/mol. The van der Waals surface area contributed by atoms with Crippen LogP contribution in [0.15, 0.2) is 11.2 Å². The Morgan fingerprint density at radius 2 is 2.21 bits per heavy atom. The SMILES string of the molecule is CCn1cc(S(=O)(=O)N2CC(CN)CC2C)nc1C. The number of aromatic nitrogens is 2. The lowest BCUT2D eigenvalue weighted by atomic mass is 10.1. The second-order valence-electron chi connectivity index (χ2n) is 5.17. The Morgan fingerprint density at radius 1 is 1.53 bits per heavy atom. The van der Waals surface area contributed by atoms with Crippen LogP contribution in [0.3, 0.4) is 0 Å². The summed E-state index contributed by atoms with van der Waals surface area (Å²) in [6.45, 7) is 7.45. The lowest BCUT2D eigenvalue weighted by Crippen LogP contribution is -2.34. The molecule has 1 saturated heterocycles. The molecular weight excluding hydrogens is 264 g/mol. The van der Waals surface area contributed by atoms with E-state index in [9.17, 15) is 8.42 Å². The molecule has 1 aromatic rings. The number of hydrogen-bond donors (Lipinski definition) is 1. The molecule has 108 valence electrons. The van der Waals surface area contributed by atoms with Crippen molar-refractivity contribution in [3.05, 3.63) is 12.0 Å². The van der Waals surface area contributed by atoms with Crippen LogP contribution < -0.4 is 5.73 Å². The zero-order valence-electron chi connectivity index (χ0n) is 11.7. The Balaban J connectivity index is 2.32. The maximum atomic E-state index is 12.6. The average molecular weight is 286 g/mol. The van der Waals surface area contributed by atoms with Crippen LogP contribution in [0.2, 0.25) is 0 Å². The molecule has 2 heterocycles. The summed E-state index contributed by atoms with van der Waals surface area (Å²) in [6, 6.07) is -0.00867. The van der Waals surface area contributed by atoms with Crippen molar-refractivity contribution in [2.45, 2.75) is 44.8 Å². The number of rotatable bonds is 4. The number of hydrogen-bond acceptors (Lipinski definition) is 4. The lowest BCUT2D eigenvalue weighted by molar-refractivity contribution is 0.403. The largest absolute Gasteiger partial charge is 0.334 e. The normalized spacial score (nSPS) is 25.1. The molecule has 19 heavy (non-hydrogen) atoms. The van der Waals surface area contributed by atoms with E-state index in [1.807, 2.05) is 25.3 Å². The maximum absolute atomic E-state index is 12.6. The third kappa shape index (κ3) is 2.54. The first-order valence-corrected chi connectivity index (χ1v) is 8.09. The fourth-order valence-corrected chi connectivity index (χ4v) is 4.37. The van der Waals surface area contributed by atoms with Crippen LogP contribution in [0.4, 0.5) is 0 Å². The van der Waals surface area contributed by atoms with E-state index in [0.717, 1.165) is 18.8 Å². The van der Waals surface area contributed by atoms with E-state index in [1.54, 1.807) is 6.20 Å².